The molecule has 0 radical (unpaired) electrons. The van der Waals surface area contributed by atoms with Crippen LogP contribution in [0.5, 0.6) is 0 Å². The molecule has 0 fully saturated rings. The molecule has 1 atom stereocenters. The lowest BCUT2D eigenvalue weighted by Gasteiger charge is -2.14. The fraction of sp³-hybridized carbons (Fsp3) is 0.143. The van der Waals surface area contributed by atoms with Gasteiger partial charge in [0.15, 0.2) is 5.82 Å². The number of carbonyl (C=O) groups is 2. The van der Waals surface area contributed by atoms with E-state index in [-0.39, 0.29) is 41.0 Å². The van der Waals surface area contributed by atoms with Crippen molar-refractivity contribution in [2.75, 3.05) is 11.1 Å². The normalized spacial score (nSPS) is 13.9. The van der Waals surface area contributed by atoms with Gasteiger partial charge in [0.25, 0.3) is 22.7 Å². The number of nitrogens with two attached hydrogens (primary N) is 1. The van der Waals surface area contributed by atoms with E-state index < -0.39 is 34.2 Å². The molecule has 2 amide bonds. The van der Waals surface area contributed by atoms with Crippen molar-refractivity contribution in [3.8, 4) is 11.4 Å². The maximum absolute atomic E-state index is 14.3. The number of benzene rings is 2. The van der Waals surface area contributed by atoms with Gasteiger partial charge in [-0.15, -0.1) is 0 Å². The fourth-order valence-electron chi connectivity index (χ4n) is 4.83. The van der Waals surface area contributed by atoms with Crippen LogP contribution in [0.1, 0.15) is 50.1 Å². The molecule has 0 unspecified atom stereocenters. The highest BCUT2D eigenvalue weighted by atomic mass is 19.1. The molecule has 1 aliphatic carbocycles. The van der Waals surface area contributed by atoms with Crippen LogP contribution in [-0.2, 0) is 13.0 Å². The molecule has 0 aliphatic heterocycles. The molecule has 43 heavy (non-hydrogen) atoms. The quantitative estimate of drug-likeness (QED) is 0.163. The molecule has 0 saturated carbocycles. The van der Waals surface area contributed by atoms with E-state index in [0.717, 1.165) is 23.5 Å². The SMILES string of the molecule is Nc1c(Nc2cc(CNC(=O)c3cc(C(=O)N[C@H]4CCc5cc(-c6noc(=O)[nH]6)ccc54)ncn3)ccc2F)c(=O)c1=O. The Morgan fingerprint density at radius 1 is 1.02 bits per heavy atom. The Kier molecular flexibility index (Phi) is 6.81. The third kappa shape index (κ3) is 5.26. The van der Waals surface area contributed by atoms with E-state index in [1.54, 1.807) is 6.07 Å². The number of carbonyl (C=O) groups excluding carboxylic acids is 2. The zero-order valence-electron chi connectivity index (χ0n) is 22.1. The van der Waals surface area contributed by atoms with Crippen molar-refractivity contribution < 1.29 is 18.5 Å². The maximum atomic E-state index is 14.3. The molecule has 5 aromatic rings. The standard InChI is InChI=1S/C28H21FN8O6/c29-16-5-1-12(7-18(16)34-22-21(30)23(38)24(22)39)10-31-26(40)19-9-20(33-11-32-19)27(41)35-17-6-3-13-8-14(2-4-15(13)17)25-36-28(42)43-37-25/h1-2,4-5,7-9,11,17,34H,3,6,10,30H2,(H,31,40)(H,35,41)(H,36,37,42)/t17-/m0/s1. The Morgan fingerprint density at radius 3 is 2.56 bits per heavy atom. The number of hydrogen-bond acceptors (Lipinski definition) is 11. The highest BCUT2D eigenvalue weighted by Gasteiger charge is 2.26. The number of H-pyrrole nitrogens is 1. The van der Waals surface area contributed by atoms with E-state index in [0.29, 0.717) is 29.8 Å². The molecule has 6 rings (SSSR count). The highest BCUT2D eigenvalue weighted by molar-refractivity contribution is 5.97. The van der Waals surface area contributed by atoms with Crippen molar-refractivity contribution in [1.29, 1.82) is 0 Å². The van der Waals surface area contributed by atoms with Crippen molar-refractivity contribution in [2.24, 2.45) is 0 Å². The van der Waals surface area contributed by atoms with E-state index >= 15 is 0 Å². The summed E-state index contributed by atoms with van der Waals surface area (Å²) in [5.74, 6) is -2.13. The number of rotatable bonds is 8. The summed E-state index contributed by atoms with van der Waals surface area (Å²) in [5.41, 5.74) is 6.24. The second-order valence-electron chi connectivity index (χ2n) is 9.78. The van der Waals surface area contributed by atoms with Crippen LogP contribution in [0.2, 0.25) is 0 Å². The van der Waals surface area contributed by atoms with Gasteiger partial charge >= 0.3 is 5.76 Å². The minimum atomic E-state index is -0.841. The summed E-state index contributed by atoms with van der Waals surface area (Å²) in [6.07, 6.45) is 2.43. The molecule has 0 spiro atoms. The van der Waals surface area contributed by atoms with Gasteiger partial charge in [-0.3, -0.25) is 28.7 Å². The molecule has 2 aromatic heterocycles. The third-order valence-electron chi connectivity index (χ3n) is 7.06. The number of nitrogen functional groups attached to an aromatic ring is 1. The predicted octanol–water partition coefficient (Wildman–Crippen LogP) is 1.23. The van der Waals surface area contributed by atoms with Crippen LogP contribution >= 0.6 is 0 Å². The van der Waals surface area contributed by atoms with E-state index in [9.17, 15) is 28.4 Å². The topological polar surface area (TPSA) is 215 Å². The smallest absolute Gasteiger partial charge is 0.394 e. The largest absolute Gasteiger partial charge is 0.439 e. The van der Waals surface area contributed by atoms with Gasteiger partial charge in [0.1, 0.15) is 34.9 Å². The van der Waals surface area contributed by atoms with Gasteiger partial charge in [-0.2, -0.15) is 0 Å². The van der Waals surface area contributed by atoms with Gasteiger partial charge in [0.2, 0.25) is 0 Å². The van der Waals surface area contributed by atoms with Crippen LogP contribution in [0, 0.1) is 5.82 Å². The van der Waals surface area contributed by atoms with Crippen molar-refractivity contribution in [2.45, 2.75) is 25.4 Å². The number of anilines is 3. The molecule has 3 aromatic carbocycles. The second kappa shape index (κ2) is 10.8. The van der Waals surface area contributed by atoms with Gasteiger partial charge in [-0.1, -0.05) is 23.4 Å². The highest BCUT2D eigenvalue weighted by Crippen LogP contribution is 2.33. The lowest BCUT2D eigenvalue weighted by molar-refractivity contribution is 0.0931. The molecular weight excluding hydrogens is 563 g/mol. The molecular formula is C28H21FN8O6. The third-order valence-corrected chi connectivity index (χ3v) is 7.06. The van der Waals surface area contributed by atoms with Crippen LogP contribution < -0.4 is 38.3 Å². The van der Waals surface area contributed by atoms with Crippen LogP contribution in [-0.4, -0.2) is 31.9 Å². The summed E-state index contributed by atoms with van der Waals surface area (Å²) < 4.78 is 18.8. The van der Waals surface area contributed by atoms with E-state index in [4.69, 9.17) is 5.73 Å². The Morgan fingerprint density at radius 2 is 1.81 bits per heavy atom. The molecule has 15 heteroatoms. The van der Waals surface area contributed by atoms with Gasteiger partial charge in [-0.25, -0.2) is 19.2 Å². The van der Waals surface area contributed by atoms with Crippen molar-refractivity contribution >= 4 is 28.9 Å². The van der Waals surface area contributed by atoms with Crippen molar-refractivity contribution in [1.82, 2.24) is 30.7 Å². The van der Waals surface area contributed by atoms with E-state index in [1.807, 2.05) is 12.1 Å². The minimum Gasteiger partial charge on any atom is -0.394 e. The first-order chi connectivity index (χ1) is 20.7. The Labute approximate surface area is 239 Å². The number of amides is 2. The zero-order valence-corrected chi connectivity index (χ0v) is 22.1. The molecule has 6 N–H and O–H groups in total. The van der Waals surface area contributed by atoms with Crippen molar-refractivity contribution in [3.05, 3.63) is 114 Å². The molecule has 2 heterocycles. The number of aromatic amines is 1. The van der Waals surface area contributed by atoms with Crippen LogP contribution in [0.15, 0.2) is 67.7 Å². The maximum Gasteiger partial charge on any atom is 0.439 e. The summed E-state index contributed by atoms with van der Waals surface area (Å²) in [7, 11) is 0. The first-order valence-corrected chi connectivity index (χ1v) is 12.9. The number of hydrogen-bond donors (Lipinski definition) is 5. The predicted molar refractivity (Wildman–Crippen MR) is 150 cm³/mol. The summed E-state index contributed by atoms with van der Waals surface area (Å²) in [6, 6.07) is 10.4. The van der Waals surface area contributed by atoms with Gasteiger partial charge < -0.3 is 21.7 Å². The summed E-state index contributed by atoms with van der Waals surface area (Å²) in [6.45, 7) is -0.0379. The monoisotopic (exact) mass is 584 g/mol. The summed E-state index contributed by atoms with van der Waals surface area (Å²) in [5, 5.41) is 11.8. The van der Waals surface area contributed by atoms with E-state index in [1.165, 1.54) is 18.2 Å². The number of fused-ring (bicyclic) bond motifs is 1. The van der Waals surface area contributed by atoms with Crippen LogP contribution in [0.25, 0.3) is 11.4 Å². The first-order valence-electron chi connectivity index (χ1n) is 12.9. The number of halogens is 1. The molecule has 216 valence electrons. The number of nitrogens with zero attached hydrogens (tertiary/aromatic N) is 3. The first kappa shape index (κ1) is 27.2. The molecule has 1 aliphatic rings. The summed E-state index contributed by atoms with van der Waals surface area (Å²) in [4.78, 5) is 70.5. The van der Waals surface area contributed by atoms with Crippen LogP contribution in [0.3, 0.4) is 0 Å². The Balaban J connectivity index is 1.09. The van der Waals surface area contributed by atoms with Gasteiger partial charge in [0.05, 0.1) is 11.7 Å². The lowest BCUT2D eigenvalue weighted by Crippen LogP contribution is -2.36. The molecule has 0 saturated heterocycles. The number of aromatic nitrogens is 4. The average molecular weight is 585 g/mol. The minimum absolute atomic E-state index is 0.00997. The summed E-state index contributed by atoms with van der Waals surface area (Å²) >= 11 is 0. The second-order valence-corrected chi connectivity index (χ2v) is 9.78. The zero-order chi connectivity index (χ0) is 30.2. The van der Waals surface area contributed by atoms with E-state index in [2.05, 4.69) is 40.6 Å². The molecule has 0 bridgehead atoms. The van der Waals surface area contributed by atoms with Gasteiger partial charge in [0, 0.05) is 18.2 Å². The average Bonchev–Trinajstić information content (AvgIpc) is 3.64. The van der Waals surface area contributed by atoms with Crippen LogP contribution in [0.4, 0.5) is 21.5 Å². The van der Waals surface area contributed by atoms with Gasteiger partial charge in [-0.05, 0) is 47.7 Å². The lowest BCUT2D eigenvalue weighted by atomic mass is 10.0. The molecule has 14 nitrogen and oxygen atoms in total. The number of nitrogens with one attached hydrogen (secondary N) is 4. The Bertz CT molecular complexity index is 2040. The Hall–Kier alpha value is -5.99. The van der Waals surface area contributed by atoms with Crippen molar-refractivity contribution in [3.63, 3.8) is 0 Å². The fourth-order valence-corrected chi connectivity index (χ4v) is 4.83. The number of aryl methyl sites for hydroxylation is 1.